The quantitative estimate of drug-likeness (QED) is 0.607. The average molecular weight is 288 g/mol. The summed E-state index contributed by atoms with van der Waals surface area (Å²) in [5.41, 5.74) is 2.57. The maximum atomic E-state index is 6.14. The first-order valence-electron chi connectivity index (χ1n) is 6.47. The third kappa shape index (κ3) is 3.96. The van der Waals surface area contributed by atoms with Crippen LogP contribution in [0.3, 0.4) is 0 Å². The second-order valence-corrected chi connectivity index (χ2v) is 10.3. The monoisotopic (exact) mass is 288 g/mol. The van der Waals surface area contributed by atoms with E-state index >= 15 is 0 Å². The molecule has 19 heavy (non-hydrogen) atoms. The van der Waals surface area contributed by atoms with E-state index in [1.807, 2.05) is 0 Å². The van der Waals surface area contributed by atoms with Gasteiger partial charge in [-0.15, -0.1) is 0 Å². The summed E-state index contributed by atoms with van der Waals surface area (Å²) in [6.07, 6.45) is 0. The standard InChI is InChI=1S/C16H20OSSi/c1-13-5-9-15(10-6-13)18-17-19(3,4)16-11-7-14(2)8-12-16/h5-12H,1-4H3. The van der Waals surface area contributed by atoms with Crippen molar-refractivity contribution in [2.45, 2.75) is 31.8 Å². The summed E-state index contributed by atoms with van der Waals surface area (Å²) in [4.78, 5) is 1.17. The number of hydrogen-bond acceptors (Lipinski definition) is 2. The van der Waals surface area contributed by atoms with Gasteiger partial charge in [0.25, 0.3) is 0 Å². The molecule has 0 unspecified atom stereocenters. The van der Waals surface area contributed by atoms with Crippen molar-refractivity contribution in [1.29, 1.82) is 0 Å². The Morgan fingerprint density at radius 3 is 1.79 bits per heavy atom. The van der Waals surface area contributed by atoms with Crippen LogP contribution < -0.4 is 5.19 Å². The second kappa shape index (κ2) is 5.95. The van der Waals surface area contributed by atoms with Crippen molar-refractivity contribution < 1.29 is 3.87 Å². The number of hydrogen-bond donors (Lipinski definition) is 0. The smallest absolute Gasteiger partial charge is 0.236 e. The van der Waals surface area contributed by atoms with Crippen LogP contribution in [0.1, 0.15) is 11.1 Å². The molecule has 3 heteroatoms. The first-order chi connectivity index (χ1) is 8.97. The minimum Gasteiger partial charge on any atom is -0.348 e. The highest BCUT2D eigenvalue weighted by molar-refractivity contribution is 7.95. The van der Waals surface area contributed by atoms with Gasteiger partial charge in [-0.1, -0.05) is 47.5 Å². The third-order valence-corrected chi connectivity index (χ3v) is 7.30. The highest BCUT2D eigenvalue weighted by atomic mass is 32.2. The topological polar surface area (TPSA) is 9.23 Å². The van der Waals surface area contributed by atoms with Gasteiger partial charge in [-0.25, -0.2) is 0 Å². The molecule has 0 N–H and O–H groups in total. The van der Waals surface area contributed by atoms with Gasteiger partial charge < -0.3 is 3.87 Å². The Morgan fingerprint density at radius 1 is 0.789 bits per heavy atom. The molecular weight excluding hydrogens is 268 g/mol. The molecule has 0 atom stereocenters. The molecule has 0 aromatic heterocycles. The zero-order valence-electron chi connectivity index (χ0n) is 11.9. The Bertz CT molecular complexity index is 532. The zero-order chi connectivity index (χ0) is 13.9. The molecule has 0 saturated heterocycles. The van der Waals surface area contributed by atoms with Crippen molar-refractivity contribution in [2.75, 3.05) is 0 Å². The van der Waals surface area contributed by atoms with E-state index in [2.05, 4.69) is 75.5 Å². The predicted molar refractivity (Wildman–Crippen MR) is 86.4 cm³/mol. The molecule has 0 amide bonds. The molecule has 2 aromatic carbocycles. The SMILES string of the molecule is Cc1ccc(SO[Si](C)(C)c2ccc(C)cc2)cc1. The summed E-state index contributed by atoms with van der Waals surface area (Å²) in [6, 6.07) is 17.2. The molecule has 2 rings (SSSR count). The van der Waals surface area contributed by atoms with E-state index in [0.717, 1.165) is 0 Å². The summed E-state index contributed by atoms with van der Waals surface area (Å²) < 4.78 is 6.14. The second-order valence-electron chi connectivity index (χ2n) is 5.36. The van der Waals surface area contributed by atoms with E-state index in [-0.39, 0.29) is 0 Å². The fraction of sp³-hybridized carbons (Fsp3) is 0.250. The van der Waals surface area contributed by atoms with Crippen molar-refractivity contribution in [3.05, 3.63) is 59.7 Å². The van der Waals surface area contributed by atoms with Gasteiger partial charge in [-0.05, 0) is 44.3 Å². The minimum atomic E-state index is -1.84. The van der Waals surface area contributed by atoms with Crippen LogP contribution in [-0.4, -0.2) is 8.32 Å². The molecule has 0 fully saturated rings. The number of rotatable bonds is 4. The van der Waals surface area contributed by atoms with Crippen molar-refractivity contribution >= 4 is 25.5 Å². The molecule has 1 nitrogen and oxygen atoms in total. The fourth-order valence-electron chi connectivity index (χ4n) is 1.75. The van der Waals surface area contributed by atoms with Crippen LogP contribution in [0.15, 0.2) is 53.4 Å². The average Bonchev–Trinajstić information content (AvgIpc) is 2.39. The Hall–Kier alpha value is -1.03. The molecule has 100 valence electrons. The maximum Gasteiger partial charge on any atom is 0.236 e. The van der Waals surface area contributed by atoms with Crippen LogP contribution in [0.4, 0.5) is 0 Å². The molecule has 0 saturated carbocycles. The van der Waals surface area contributed by atoms with Gasteiger partial charge in [0.05, 0.1) is 0 Å². The molecular formula is C16H20OSSi. The Kier molecular flexibility index (Phi) is 4.50. The Morgan fingerprint density at radius 2 is 1.26 bits per heavy atom. The van der Waals surface area contributed by atoms with E-state index in [1.165, 1.54) is 33.3 Å². The molecule has 2 aromatic rings. The highest BCUT2D eigenvalue weighted by Crippen LogP contribution is 2.24. The predicted octanol–water partition coefficient (Wildman–Crippen LogP) is 4.44. The fourth-order valence-corrected chi connectivity index (χ4v) is 4.57. The summed E-state index contributed by atoms with van der Waals surface area (Å²) >= 11 is 1.50. The molecule has 0 spiro atoms. The lowest BCUT2D eigenvalue weighted by atomic mass is 10.2. The van der Waals surface area contributed by atoms with Gasteiger partial charge in [0.1, 0.15) is 0 Å². The van der Waals surface area contributed by atoms with Crippen LogP contribution in [0.25, 0.3) is 0 Å². The highest BCUT2D eigenvalue weighted by Gasteiger charge is 2.26. The number of aryl methyl sites for hydroxylation is 2. The van der Waals surface area contributed by atoms with E-state index in [1.54, 1.807) is 0 Å². The van der Waals surface area contributed by atoms with Crippen molar-refractivity contribution in [2.24, 2.45) is 0 Å². The molecule has 0 aliphatic carbocycles. The van der Waals surface area contributed by atoms with Crippen LogP contribution in [0.5, 0.6) is 0 Å². The first kappa shape index (κ1) is 14.4. The molecule has 0 radical (unpaired) electrons. The summed E-state index contributed by atoms with van der Waals surface area (Å²) in [5.74, 6) is 0. The molecule has 0 heterocycles. The van der Waals surface area contributed by atoms with Gasteiger partial charge in [0, 0.05) is 16.9 Å². The van der Waals surface area contributed by atoms with E-state index in [0.29, 0.717) is 0 Å². The van der Waals surface area contributed by atoms with Crippen molar-refractivity contribution in [1.82, 2.24) is 0 Å². The van der Waals surface area contributed by atoms with Crippen molar-refractivity contribution in [3.8, 4) is 0 Å². The van der Waals surface area contributed by atoms with Gasteiger partial charge >= 0.3 is 0 Å². The first-order valence-corrected chi connectivity index (χ1v) is 10.1. The lowest BCUT2D eigenvalue weighted by Gasteiger charge is -2.22. The molecule has 0 aliphatic rings. The maximum absolute atomic E-state index is 6.14. The Balaban J connectivity index is 2.04. The molecule has 0 aliphatic heterocycles. The van der Waals surface area contributed by atoms with E-state index in [4.69, 9.17) is 3.87 Å². The van der Waals surface area contributed by atoms with Gasteiger partial charge in [-0.3, -0.25) is 0 Å². The van der Waals surface area contributed by atoms with Crippen molar-refractivity contribution in [3.63, 3.8) is 0 Å². The van der Waals surface area contributed by atoms with E-state index in [9.17, 15) is 0 Å². The van der Waals surface area contributed by atoms with Gasteiger partial charge in [-0.2, -0.15) is 0 Å². The molecule has 0 bridgehead atoms. The third-order valence-electron chi connectivity index (χ3n) is 3.11. The summed E-state index contributed by atoms with van der Waals surface area (Å²) in [7, 11) is -1.84. The van der Waals surface area contributed by atoms with Crippen LogP contribution in [-0.2, 0) is 3.87 Å². The lowest BCUT2D eigenvalue weighted by molar-refractivity contribution is 0.659. The normalized spacial score (nSPS) is 11.6. The lowest BCUT2D eigenvalue weighted by Crippen LogP contribution is -2.42. The van der Waals surface area contributed by atoms with Crippen LogP contribution in [0.2, 0.25) is 13.1 Å². The van der Waals surface area contributed by atoms with Crippen LogP contribution >= 0.6 is 12.0 Å². The summed E-state index contributed by atoms with van der Waals surface area (Å²) in [6.45, 7) is 8.68. The largest absolute Gasteiger partial charge is 0.348 e. The van der Waals surface area contributed by atoms with Gasteiger partial charge in [0.15, 0.2) is 0 Å². The summed E-state index contributed by atoms with van der Waals surface area (Å²) in [5, 5.41) is 1.33. The zero-order valence-corrected chi connectivity index (χ0v) is 13.8. The minimum absolute atomic E-state index is 1.17. The van der Waals surface area contributed by atoms with E-state index < -0.39 is 8.32 Å². The van der Waals surface area contributed by atoms with Gasteiger partial charge in [0.2, 0.25) is 8.32 Å². The number of benzene rings is 2. The van der Waals surface area contributed by atoms with Crippen LogP contribution in [0, 0.1) is 13.8 Å². The Labute approximate surface area is 121 Å².